The van der Waals surface area contributed by atoms with Crippen molar-refractivity contribution in [1.82, 2.24) is 15.2 Å². The Morgan fingerprint density at radius 2 is 2.06 bits per heavy atom. The Bertz CT molecular complexity index is 572. The molecule has 16 heavy (non-hydrogen) atoms. The Balaban J connectivity index is 2.67. The minimum Gasteiger partial charge on any atom is -0.320 e. The molecule has 0 aliphatic heterocycles. The first kappa shape index (κ1) is 10.8. The maximum atomic E-state index is 11.6. The van der Waals surface area contributed by atoms with Crippen LogP contribution in [-0.2, 0) is 6.42 Å². The molecule has 1 N–H and O–H groups in total. The second-order valence-electron chi connectivity index (χ2n) is 4.20. The van der Waals surface area contributed by atoms with Crippen LogP contribution in [0.15, 0.2) is 16.9 Å². The van der Waals surface area contributed by atoms with Crippen LogP contribution in [0.3, 0.4) is 0 Å². The first-order valence-electron chi connectivity index (χ1n) is 5.51. The fourth-order valence-corrected chi connectivity index (χ4v) is 1.60. The van der Waals surface area contributed by atoms with Crippen molar-refractivity contribution in [2.45, 2.75) is 33.1 Å². The molecule has 4 heteroatoms. The smallest absolute Gasteiger partial charge is 0.251 e. The van der Waals surface area contributed by atoms with Crippen LogP contribution in [0.5, 0.6) is 0 Å². The highest BCUT2D eigenvalue weighted by Crippen LogP contribution is 2.14. The van der Waals surface area contributed by atoms with Crippen LogP contribution >= 0.6 is 0 Å². The summed E-state index contributed by atoms with van der Waals surface area (Å²) in [6, 6.07) is 3.71. The molecule has 2 rings (SSSR count). The third kappa shape index (κ3) is 1.83. The van der Waals surface area contributed by atoms with E-state index in [-0.39, 0.29) is 5.56 Å². The Morgan fingerprint density at radius 3 is 2.69 bits per heavy atom. The largest absolute Gasteiger partial charge is 0.320 e. The maximum absolute atomic E-state index is 11.6. The van der Waals surface area contributed by atoms with Gasteiger partial charge in [0.15, 0.2) is 0 Å². The highest BCUT2D eigenvalue weighted by molar-refractivity contribution is 5.74. The fourth-order valence-electron chi connectivity index (χ4n) is 1.60. The summed E-state index contributed by atoms with van der Waals surface area (Å²) >= 11 is 0. The average Bonchev–Trinajstić information content (AvgIpc) is 2.27. The van der Waals surface area contributed by atoms with E-state index in [1.54, 1.807) is 0 Å². The number of rotatable bonds is 2. The van der Waals surface area contributed by atoms with Gasteiger partial charge in [0.05, 0.1) is 11.2 Å². The number of nitrogens with zero attached hydrogens (tertiary/aromatic N) is 2. The standard InChI is InChI=1S/C12H15N3O/c1-4-8-5-11-10(13-12(8)16)6-9(7(2)3)14-15-11/h5-7H,4H2,1-3H3,(H,13,16). The number of fused-ring (bicyclic) bond motifs is 1. The van der Waals surface area contributed by atoms with Gasteiger partial charge in [-0.3, -0.25) is 4.79 Å². The quantitative estimate of drug-likeness (QED) is 0.837. The van der Waals surface area contributed by atoms with Crippen molar-refractivity contribution in [1.29, 1.82) is 0 Å². The van der Waals surface area contributed by atoms with Gasteiger partial charge in [0, 0.05) is 5.56 Å². The Kier molecular flexibility index (Phi) is 2.73. The Labute approximate surface area is 93.7 Å². The zero-order valence-electron chi connectivity index (χ0n) is 9.74. The summed E-state index contributed by atoms with van der Waals surface area (Å²) in [5, 5.41) is 8.27. The van der Waals surface area contributed by atoms with Crippen LogP contribution in [0, 0.1) is 0 Å². The highest BCUT2D eigenvalue weighted by atomic mass is 16.1. The van der Waals surface area contributed by atoms with Crippen molar-refractivity contribution in [2.75, 3.05) is 0 Å². The molecule has 0 atom stereocenters. The first-order valence-corrected chi connectivity index (χ1v) is 5.51. The third-order valence-electron chi connectivity index (χ3n) is 2.66. The molecule has 0 spiro atoms. The van der Waals surface area contributed by atoms with Gasteiger partial charge in [-0.25, -0.2) is 0 Å². The lowest BCUT2D eigenvalue weighted by Gasteiger charge is -2.05. The normalized spacial score (nSPS) is 11.2. The summed E-state index contributed by atoms with van der Waals surface area (Å²) in [5.41, 5.74) is 3.13. The number of hydrogen-bond acceptors (Lipinski definition) is 3. The van der Waals surface area contributed by atoms with E-state index in [0.717, 1.165) is 22.3 Å². The van der Waals surface area contributed by atoms with Gasteiger partial charge in [-0.15, -0.1) is 5.10 Å². The van der Waals surface area contributed by atoms with E-state index in [0.29, 0.717) is 12.3 Å². The van der Waals surface area contributed by atoms with Gasteiger partial charge < -0.3 is 4.98 Å². The van der Waals surface area contributed by atoms with Gasteiger partial charge in [-0.05, 0) is 24.5 Å². The van der Waals surface area contributed by atoms with Crippen LogP contribution in [-0.4, -0.2) is 15.2 Å². The molecular formula is C12H15N3O. The predicted octanol–water partition coefficient (Wildman–Crippen LogP) is 2.00. The predicted molar refractivity (Wildman–Crippen MR) is 63.6 cm³/mol. The van der Waals surface area contributed by atoms with Gasteiger partial charge in [-0.2, -0.15) is 5.10 Å². The van der Waals surface area contributed by atoms with E-state index in [2.05, 4.69) is 15.2 Å². The molecule has 84 valence electrons. The first-order chi connectivity index (χ1) is 7.61. The average molecular weight is 217 g/mol. The number of aryl methyl sites for hydroxylation is 1. The van der Waals surface area contributed by atoms with E-state index in [1.807, 2.05) is 32.9 Å². The minimum absolute atomic E-state index is 0.0299. The third-order valence-corrected chi connectivity index (χ3v) is 2.66. The van der Waals surface area contributed by atoms with E-state index in [4.69, 9.17) is 0 Å². The summed E-state index contributed by atoms with van der Waals surface area (Å²) in [4.78, 5) is 14.5. The topological polar surface area (TPSA) is 58.6 Å². The summed E-state index contributed by atoms with van der Waals surface area (Å²) in [5.74, 6) is 0.311. The lowest BCUT2D eigenvalue weighted by molar-refractivity contribution is 0.793. The number of nitrogens with one attached hydrogen (secondary N) is 1. The lowest BCUT2D eigenvalue weighted by Crippen LogP contribution is -2.12. The summed E-state index contributed by atoms with van der Waals surface area (Å²) in [7, 11) is 0. The zero-order valence-corrected chi connectivity index (χ0v) is 9.74. The molecule has 0 radical (unpaired) electrons. The molecule has 0 amide bonds. The van der Waals surface area contributed by atoms with Crippen LogP contribution in [0.1, 0.15) is 37.9 Å². The molecule has 0 aromatic carbocycles. The summed E-state index contributed by atoms with van der Waals surface area (Å²) in [6.07, 6.45) is 0.707. The lowest BCUT2D eigenvalue weighted by atomic mass is 10.1. The van der Waals surface area contributed by atoms with Crippen molar-refractivity contribution in [3.05, 3.63) is 33.7 Å². The van der Waals surface area contributed by atoms with Gasteiger partial charge in [0.25, 0.3) is 5.56 Å². The van der Waals surface area contributed by atoms with Crippen LogP contribution in [0.4, 0.5) is 0 Å². The Morgan fingerprint density at radius 1 is 1.31 bits per heavy atom. The minimum atomic E-state index is -0.0299. The Hall–Kier alpha value is -1.71. The highest BCUT2D eigenvalue weighted by Gasteiger charge is 2.06. The molecule has 0 aliphatic carbocycles. The molecule has 2 aromatic rings. The van der Waals surface area contributed by atoms with Crippen molar-refractivity contribution in [3.8, 4) is 0 Å². The summed E-state index contributed by atoms with van der Waals surface area (Å²) < 4.78 is 0. The van der Waals surface area contributed by atoms with Gasteiger partial charge in [0.1, 0.15) is 5.52 Å². The SMILES string of the molecule is CCc1cc2nnc(C(C)C)cc2[nH]c1=O. The second-order valence-corrected chi connectivity index (χ2v) is 4.20. The van der Waals surface area contributed by atoms with Crippen molar-refractivity contribution in [2.24, 2.45) is 0 Å². The maximum Gasteiger partial charge on any atom is 0.251 e. The fraction of sp³-hybridized carbons (Fsp3) is 0.417. The number of hydrogen-bond donors (Lipinski definition) is 1. The van der Waals surface area contributed by atoms with Gasteiger partial charge in [0.2, 0.25) is 0 Å². The van der Waals surface area contributed by atoms with Crippen LogP contribution in [0.25, 0.3) is 11.0 Å². The van der Waals surface area contributed by atoms with Crippen molar-refractivity contribution < 1.29 is 0 Å². The van der Waals surface area contributed by atoms with Crippen LogP contribution < -0.4 is 5.56 Å². The van der Waals surface area contributed by atoms with Gasteiger partial charge in [-0.1, -0.05) is 20.8 Å². The number of aromatic amines is 1. The molecule has 0 saturated carbocycles. The van der Waals surface area contributed by atoms with Crippen LogP contribution in [0.2, 0.25) is 0 Å². The number of pyridine rings is 1. The van der Waals surface area contributed by atoms with E-state index in [9.17, 15) is 4.79 Å². The van der Waals surface area contributed by atoms with Crippen molar-refractivity contribution >= 4 is 11.0 Å². The monoisotopic (exact) mass is 217 g/mol. The van der Waals surface area contributed by atoms with E-state index >= 15 is 0 Å². The molecule has 0 saturated heterocycles. The molecule has 2 aromatic heterocycles. The molecular weight excluding hydrogens is 202 g/mol. The molecule has 0 aliphatic rings. The summed E-state index contributed by atoms with van der Waals surface area (Å²) in [6.45, 7) is 6.05. The number of aromatic nitrogens is 3. The molecule has 0 fully saturated rings. The second kappa shape index (κ2) is 4.04. The number of H-pyrrole nitrogens is 1. The molecule has 4 nitrogen and oxygen atoms in total. The van der Waals surface area contributed by atoms with E-state index < -0.39 is 0 Å². The molecule has 0 bridgehead atoms. The van der Waals surface area contributed by atoms with E-state index in [1.165, 1.54) is 0 Å². The molecule has 2 heterocycles. The molecule has 0 unspecified atom stereocenters. The van der Waals surface area contributed by atoms with Crippen molar-refractivity contribution in [3.63, 3.8) is 0 Å². The van der Waals surface area contributed by atoms with Gasteiger partial charge >= 0.3 is 0 Å². The zero-order chi connectivity index (χ0) is 11.7.